The molecule has 0 bridgehead atoms. The Kier molecular flexibility index (Phi) is 4.22. The van der Waals surface area contributed by atoms with Crippen LogP contribution in [0.25, 0.3) is 0 Å². The molecular weight excluding hydrogens is 332 g/mol. The predicted molar refractivity (Wildman–Crippen MR) is 92.7 cm³/mol. The number of hydrogen-bond acceptors (Lipinski definition) is 7. The van der Waals surface area contributed by atoms with Crippen LogP contribution in [-0.2, 0) is 16.1 Å². The molecule has 0 aliphatic carbocycles. The van der Waals surface area contributed by atoms with Gasteiger partial charge in [0.1, 0.15) is 18.6 Å². The minimum atomic E-state index is -0.649. The third-order valence-corrected chi connectivity index (χ3v) is 4.25. The van der Waals surface area contributed by atoms with Gasteiger partial charge in [0.15, 0.2) is 0 Å². The Hall–Kier alpha value is -3.42. The summed E-state index contributed by atoms with van der Waals surface area (Å²) in [6.45, 7) is 1.98. The van der Waals surface area contributed by atoms with Gasteiger partial charge in [-0.2, -0.15) is 4.68 Å². The second-order valence-electron chi connectivity index (χ2n) is 5.95. The lowest BCUT2D eigenvalue weighted by molar-refractivity contribution is -0.148. The van der Waals surface area contributed by atoms with Crippen molar-refractivity contribution in [3.05, 3.63) is 66.0 Å². The number of benzene rings is 1. The normalized spacial score (nSPS) is 18.7. The van der Waals surface area contributed by atoms with E-state index in [9.17, 15) is 4.79 Å². The van der Waals surface area contributed by atoms with Gasteiger partial charge in [-0.25, -0.2) is 4.99 Å². The topological polar surface area (TPSA) is 95.1 Å². The predicted octanol–water partition coefficient (Wildman–Crippen LogP) is 2.12. The third kappa shape index (κ3) is 2.97. The number of carbonyl (C=O) groups excluding carboxylic acids is 1. The summed E-state index contributed by atoms with van der Waals surface area (Å²) in [5.41, 5.74) is 2.20. The zero-order chi connectivity index (χ0) is 17.9. The van der Waals surface area contributed by atoms with E-state index in [2.05, 4.69) is 25.5 Å². The molecule has 0 saturated carbocycles. The number of ether oxygens (including phenoxy) is 1. The van der Waals surface area contributed by atoms with Gasteiger partial charge in [0.25, 0.3) is 5.95 Å². The average Bonchev–Trinajstić information content (AvgIpc) is 3.14. The Labute approximate surface area is 149 Å². The van der Waals surface area contributed by atoms with E-state index in [0.717, 1.165) is 5.56 Å². The first-order chi connectivity index (χ1) is 12.7. The molecule has 26 heavy (non-hydrogen) atoms. The fraction of sp³-hybridized carbons (Fsp3) is 0.222. The Balaban J connectivity index is 1.65. The molecule has 3 heterocycles. The van der Waals surface area contributed by atoms with Gasteiger partial charge in [-0.1, -0.05) is 41.5 Å². The SMILES string of the molecule is CC1=Nc2nnnn2C(c2ccccn2)C1C(=O)OCc1ccccc1. The molecule has 0 radical (unpaired) electrons. The summed E-state index contributed by atoms with van der Waals surface area (Å²) in [4.78, 5) is 21.6. The number of nitrogens with zero attached hydrogens (tertiary/aromatic N) is 6. The summed E-state index contributed by atoms with van der Waals surface area (Å²) in [6.07, 6.45) is 1.67. The number of tetrazole rings is 1. The van der Waals surface area contributed by atoms with Crippen molar-refractivity contribution in [1.82, 2.24) is 25.2 Å². The van der Waals surface area contributed by atoms with Gasteiger partial charge < -0.3 is 4.74 Å². The zero-order valence-electron chi connectivity index (χ0n) is 14.1. The van der Waals surface area contributed by atoms with Gasteiger partial charge in [0.05, 0.1) is 5.69 Å². The summed E-state index contributed by atoms with van der Waals surface area (Å²) in [7, 11) is 0. The molecule has 0 amide bonds. The van der Waals surface area contributed by atoms with Gasteiger partial charge >= 0.3 is 5.97 Å². The molecule has 0 spiro atoms. The first kappa shape index (κ1) is 16.1. The van der Waals surface area contributed by atoms with E-state index < -0.39 is 12.0 Å². The zero-order valence-corrected chi connectivity index (χ0v) is 14.1. The van der Waals surface area contributed by atoms with E-state index in [1.54, 1.807) is 13.1 Å². The summed E-state index contributed by atoms with van der Waals surface area (Å²) < 4.78 is 7.07. The average molecular weight is 348 g/mol. The van der Waals surface area contributed by atoms with E-state index in [1.165, 1.54) is 4.68 Å². The van der Waals surface area contributed by atoms with Gasteiger partial charge in [-0.3, -0.25) is 9.78 Å². The molecule has 130 valence electrons. The molecule has 0 saturated heterocycles. The molecular formula is C18H16N6O2. The van der Waals surface area contributed by atoms with Crippen LogP contribution in [0.15, 0.2) is 59.7 Å². The summed E-state index contributed by atoms with van der Waals surface area (Å²) in [5, 5.41) is 11.6. The largest absolute Gasteiger partial charge is 0.460 e. The third-order valence-electron chi connectivity index (χ3n) is 4.25. The van der Waals surface area contributed by atoms with Gasteiger partial charge in [0.2, 0.25) is 0 Å². The van der Waals surface area contributed by atoms with E-state index in [-0.39, 0.29) is 12.6 Å². The highest BCUT2D eigenvalue weighted by Crippen LogP contribution is 2.34. The molecule has 0 N–H and O–H groups in total. The molecule has 8 heteroatoms. The standard InChI is InChI=1S/C18H16N6O2/c1-12-15(17(25)26-11-13-7-3-2-4-8-13)16(14-9-5-6-10-19-14)24-18(20-12)21-22-23-24/h2-10,15-16H,11H2,1H3. The second kappa shape index (κ2) is 6.83. The van der Waals surface area contributed by atoms with Crippen molar-refractivity contribution >= 4 is 17.6 Å². The molecule has 0 fully saturated rings. The van der Waals surface area contributed by atoms with Crippen LogP contribution in [0, 0.1) is 5.92 Å². The molecule has 1 aliphatic heterocycles. The number of carbonyl (C=O) groups is 1. The maximum Gasteiger partial charge on any atom is 0.317 e. The van der Waals surface area contributed by atoms with E-state index in [4.69, 9.17) is 4.74 Å². The number of aromatic nitrogens is 5. The van der Waals surface area contributed by atoms with Gasteiger partial charge in [0, 0.05) is 11.9 Å². The molecule has 4 rings (SSSR count). The Morgan fingerprint density at radius 3 is 2.73 bits per heavy atom. The Morgan fingerprint density at radius 2 is 1.96 bits per heavy atom. The summed E-state index contributed by atoms with van der Waals surface area (Å²) >= 11 is 0. The quantitative estimate of drug-likeness (QED) is 0.670. The van der Waals surface area contributed by atoms with Crippen molar-refractivity contribution in [2.24, 2.45) is 10.9 Å². The highest BCUT2D eigenvalue weighted by atomic mass is 16.5. The fourth-order valence-electron chi connectivity index (χ4n) is 3.00. The molecule has 8 nitrogen and oxygen atoms in total. The molecule has 1 aromatic carbocycles. The lowest BCUT2D eigenvalue weighted by atomic mass is 9.91. The van der Waals surface area contributed by atoms with Crippen LogP contribution >= 0.6 is 0 Å². The van der Waals surface area contributed by atoms with Gasteiger partial charge in [-0.15, -0.1) is 0 Å². The first-order valence-corrected chi connectivity index (χ1v) is 8.18. The number of rotatable bonds is 4. The number of hydrogen-bond donors (Lipinski definition) is 0. The van der Waals surface area contributed by atoms with E-state index in [0.29, 0.717) is 17.4 Å². The molecule has 3 aromatic rings. The number of esters is 1. The first-order valence-electron chi connectivity index (χ1n) is 8.18. The number of aliphatic imine (C=N–C) groups is 1. The van der Waals surface area contributed by atoms with E-state index in [1.807, 2.05) is 48.5 Å². The lowest BCUT2D eigenvalue weighted by Crippen LogP contribution is -2.37. The van der Waals surface area contributed by atoms with Crippen LogP contribution in [0.2, 0.25) is 0 Å². The lowest BCUT2D eigenvalue weighted by Gasteiger charge is -2.28. The summed E-state index contributed by atoms with van der Waals surface area (Å²) in [6, 6.07) is 14.6. The van der Waals surface area contributed by atoms with Crippen molar-refractivity contribution in [3.8, 4) is 0 Å². The van der Waals surface area contributed by atoms with Crippen molar-refractivity contribution in [1.29, 1.82) is 0 Å². The van der Waals surface area contributed by atoms with E-state index >= 15 is 0 Å². The van der Waals surface area contributed by atoms with Gasteiger partial charge in [-0.05, 0) is 35.0 Å². The van der Waals surface area contributed by atoms with Crippen LogP contribution in [0.3, 0.4) is 0 Å². The minimum absolute atomic E-state index is 0.195. The highest BCUT2D eigenvalue weighted by molar-refractivity contribution is 6.03. The van der Waals surface area contributed by atoms with Crippen molar-refractivity contribution in [3.63, 3.8) is 0 Å². The Bertz CT molecular complexity index is 939. The van der Waals surface area contributed by atoms with Crippen molar-refractivity contribution in [2.45, 2.75) is 19.6 Å². The molecule has 2 atom stereocenters. The molecule has 1 aliphatic rings. The van der Waals surface area contributed by atoms with Crippen LogP contribution < -0.4 is 0 Å². The van der Waals surface area contributed by atoms with Crippen molar-refractivity contribution in [2.75, 3.05) is 0 Å². The second-order valence-corrected chi connectivity index (χ2v) is 5.95. The summed E-state index contributed by atoms with van der Waals surface area (Å²) in [5.74, 6) is -0.679. The number of fused-ring (bicyclic) bond motifs is 1. The fourth-order valence-corrected chi connectivity index (χ4v) is 3.00. The Morgan fingerprint density at radius 1 is 1.15 bits per heavy atom. The highest BCUT2D eigenvalue weighted by Gasteiger charge is 2.40. The molecule has 2 aromatic heterocycles. The van der Waals surface area contributed by atoms with Crippen LogP contribution in [-0.4, -0.2) is 36.9 Å². The monoisotopic (exact) mass is 348 g/mol. The smallest absolute Gasteiger partial charge is 0.317 e. The maximum atomic E-state index is 12.9. The minimum Gasteiger partial charge on any atom is -0.460 e. The maximum absolute atomic E-state index is 12.9. The molecule has 2 unspecified atom stereocenters. The van der Waals surface area contributed by atoms with Crippen LogP contribution in [0.4, 0.5) is 5.95 Å². The van der Waals surface area contributed by atoms with Crippen molar-refractivity contribution < 1.29 is 9.53 Å². The van der Waals surface area contributed by atoms with Crippen LogP contribution in [0.1, 0.15) is 24.2 Å². The van der Waals surface area contributed by atoms with Crippen LogP contribution in [0.5, 0.6) is 0 Å². The number of pyridine rings is 1.